The van der Waals surface area contributed by atoms with Gasteiger partial charge in [-0.3, -0.25) is 4.57 Å². The number of hydrogen-bond donors (Lipinski definition) is 3. The van der Waals surface area contributed by atoms with Crippen molar-refractivity contribution in [3.05, 3.63) is 47.5 Å². The van der Waals surface area contributed by atoms with Gasteiger partial charge >= 0.3 is 11.9 Å². The molecule has 1 saturated heterocycles. The number of imidazole rings is 1. The predicted octanol–water partition coefficient (Wildman–Crippen LogP) is 2.27. The highest BCUT2D eigenvalue weighted by Crippen LogP contribution is 2.34. The molecule has 11 nitrogen and oxygen atoms in total. The number of anilines is 1. The number of aromatic nitrogens is 4. The molecule has 1 aliphatic rings. The molecule has 0 aliphatic carbocycles. The number of alkyl halides is 1. The minimum absolute atomic E-state index is 0.0705. The van der Waals surface area contributed by atoms with E-state index in [1.165, 1.54) is 10.9 Å². The molecular weight excluding hydrogens is 461 g/mol. The fraction of sp³-hybridized carbons (Fsp3) is 0.350. The van der Waals surface area contributed by atoms with Crippen molar-refractivity contribution in [2.75, 3.05) is 11.9 Å². The van der Waals surface area contributed by atoms with Crippen LogP contribution in [-0.4, -0.2) is 66.7 Å². The molecule has 3 N–H and O–H groups in total. The van der Waals surface area contributed by atoms with Crippen molar-refractivity contribution in [3.63, 3.8) is 0 Å². The minimum atomic E-state index is -2.07. The van der Waals surface area contributed by atoms with Gasteiger partial charge in [0.25, 0.3) is 6.10 Å². The number of hydrogen-bond acceptors (Lipinski definition) is 8. The Morgan fingerprint density at radius 2 is 2.00 bits per heavy atom. The van der Waals surface area contributed by atoms with E-state index in [9.17, 15) is 14.0 Å². The smallest absolute Gasteiger partial charge is 0.344 e. The van der Waals surface area contributed by atoms with E-state index in [4.69, 9.17) is 31.3 Å². The normalized spacial score (nSPS) is 20.4. The van der Waals surface area contributed by atoms with Crippen LogP contribution in [0.25, 0.3) is 11.2 Å². The zero-order valence-electron chi connectivity index (χ0n) is 17.0. The van der Waals surface area contributed by atoms with Gasteiger partial charge in [0.05, 0.1) is 19.0 Å². The molecule has 13 heteroatoms. The molecule has 174 valence electrons. The van der Waals surface area contributed by atoms with Gasteiger partial charge in [-0.2, -0.15) is 9.97 Å². The molecule has 0 saturated carbocycles. The maximum Gasteiger partial charge on any atom is 0.344 e. The van der Waals surface area contributed by atoms with E-state index < -0.39 is 43.2 Å². The van der Waals surface area contributed by atoms with Crippen LogP contribution in [0.1, 0.15) is 18.2 Å². The van der Waals surface area contributed by atoms with Crippen LogP contribution in [0, 0.1) is 0 Å². The molecule has 0 bridgehead atoms. The molecule has 2 aromatic heterocycles. The largest absolute Gasteiger partial charge is 0.479 e. The third-order valence-electron chi connectivity index (χ3n) is 5.00. The molecule has 4 rings (SSSR count). The Hall–Kier alpha value is -3.35. The number of ether oxygens (including phenoxy) is 2. The van der Waals surface area contributed by atoms with Crippen molar-refractivity contribution < 1.29 is 33.7 Å². The molecular formula is C20H19ClFN5O6. The van der Waals surface area contributed by atoms with E-state index in [1.54, 1.807) is 0 Å². The maximum absolute atomic E-state index is 14.8. The highest BCUT2D eigenvalue weighted by atomic mass is 35.5. The van der Waals surface area contributed by atoms with Crippen LogP contribution in [0.4, 0.5) is 10.2 Å². The number of carboxylic acids is 2. The Kier molecular flexibility index (Phi) is 6.67. The van der Waals surface area contributed by atoms with Crippen molar-refractivity contribution in [3.8, 4) is 0 Å². The topological polar surface area (TPSA) is 149 Å². The van der Waals surface area contributed by atoms with Gasteiger partial charge in [-0.05, 0) is 17.2 Å². The SMILES string of the molecule is O=C(O)C(OCC1CC(F)C(n2cnc3c(NCc4ccccc4)nc(Cl)nc32)O1)C(=O)O. The zero-order valence-corrected chi connectivity index (χ0v) is 17.7. The maximum atomic E-state index is 14.8. The second-order valence-corrected chi connectivity index (χ2v) is 7.63. The molecule has 0 radical (unpaired) electrons. The number of rotatable bonds is 9. The number of nitrogens with zero attached hydrogens (tertiary/aromatic N) is 4. The number of carbonyl (C=O) groups is 2. The van der Waals surface area contributed by atoms with Gasteiger partial charge in [-0.1, -0.05) is 30.3 Å². The molecule has 3 aromatic rings. The van der Waals surface area contributed by atoms with Gasteiger partial charge in [0.1, 0.15) is 6.17 Å². The highest BCUT2D eigenvalue weighted by molar-refractivity contribution is 6.28. The van der Waals surface area contributed by atoms with Crippen LogP contribution >= 0.6 is 11.6 Å². The molecule has 3 atom stereocenters. The van der Waals surface area contributed by atoms with E-state index in [-0.39, 0.29) is 17.4 Å². The molecule has 3 heterocycles. The molecule has 1 fully saturated rings. The Labute approximate surface area is 191 Å². The number of fused-ring (bicyclic) bond motifs is 1. The van der Waals surface area contributed by atoms with Crippen molar-refractivity contribution in [1.29, 1.82) is 0 Å². The average molecular weight is 480 g/mol. The fourth-order valence-corrected chi connectivity index (χ4v) is 3.65. The van der Waals surface area contributed by atoms with Crippen LogP contribution in [0.5, 0.6) is 0 Å². The van der Waals surface area contributed by atoms with Crippen LogP contribution < -0.4 is 5.32 Å². The summed E-state index contributed by atoms with van der Waals surface area (Å²) >= 11 is 6.08. The highest BCUT2D eigenvalue weighted by Gasteiger charge is 2.39. The second kappa shape index (κ2) is 9.65. The van der Waals surface area contributed by atoms with Crippen LogP contribution in [0.3, 0.4) is 0 Å². The monoisotopic (exact) mass is 479 g/mol. The van der Waals surface area contributed by atoms with Gasteiger partial charge < -0.3 is 25.0 Å². The summed E-state index contributed by atoms with van der Waals surface area (Å²) in [6.07, 6.45) is -4.35. The number of nitrogens with one attached hydrogen (secondary N) is 1. The summed E-state index contributed by atoms with van der Waals surface area (Å²) in [6.45, 7) is 0.0436. The Morgan fingerprint density at radius 1 is 1.27 bits per heavy atom. The van der Waals surface area contributed by atoms with E-state index >= 15 is 0 Å². The van der Waals surface area contributed by atoms with Crippen LogP contribution in [-0.2, 0) is 25.6 Å². The summed E-state index contributed by atoms with van der Waals surface area (Å²) in [5, 5.41) is 20.9. The van der Waals surface area contributed by atoms with Gasteiger partial charge in [0.2, 0.25) is 5.28 Å². The molecule has 0 amide bonds. The Bertz CT molecular complexity index is 1150. The predicted molar refractivity (Wildman–Crippen MR) is 113 cm³/mol. The molecule has 3 unspecified atom stereocenters. The molecule has 0 spiro atoms. The first-order chi connectivity index (χ1) is 15.8. The summed E-state index contributed by atoms with van der Waals surface area (Å²) in [7, 11) is 0. The third kappa shape index (κ3) is 5.02. The van der Waals surface area contributed by atoms with Gasteiger partial charge in [0, 0.05) is 13.0 Å². The van der Waals surface area contributed by atoms with Crippen molar-refractivity contribution in [2.24, 2.45) is 0 Å². The summed E-state index contributed by atoms with van der Waals surface area (Å²) in [5.41, 5.74) is 1.61. The second-order valence-electron chi connectivity index (χ2n) is 7.29. The zero-order chi connectivity index (χ0) is 23.5. The lowest BCUT2D eigenvalue weighted by Crippen LogP contribution is -2.35. The van der Waals surface area contributed by atoms with E-state index in [0.29, 0.717) is 17.9 Å². The van der Waals surface area contributed by atoms with Crippen molar-refractivity contribution >= 4 is 40.5 Å². The third-order valence-corrected chi connectivity index (χ3v) is 5.17. The van der Waals surface area contributed by atoms with Gasteiger partial charge in [-0.15, -0.1) is 0 Å². The lowest BCUT2D eigenvalue weighted by atomic mass is 10.2. The molecule has 1 aromatic carbocycles. The minimum Gasteiger partial charge on any atom is -0.479 e. The Balaban J connectivity index is 1.50. The van der Waals surface area contributed by atoms with Crippen molar-refractivity contribution in [2.45, 2.75) is 37.6 Å². The number of carboxylic acid groups (broad SMARTS) is 2. The van der Waals surface area contributed by atoms with Gasteiger partial charge in [-0.25, -0.2) is 19.0 Å². The van der Waals surface area contributed by atoms with Crippen LogP contribution in [0.15, 0.2) is 36.7 Å². The first-order valence-electron chi connectivity index (χ1n) is 9.88. The number of aliphatic carboxylic acids is 2. The van der Waals surface area contributed by atoms with Gasteiger partial charge in [0.15, 0.2) is 23.2 Å². The number of halogens is 2. The standard InChI is InChI=1S/C20H19ClFN5O6/c21-20-25-15(23-7-10-4-2-1-3-5-10)13-16(26-20)27(9-24-13)17-12(22)6-11(33-17)8-32-14(18(28)29)19(30)31/h1-5,9,11-12,14,17H,6-8H2,(H,28,29)(H,30,31)(H,23,25,26). The van der Waals surface area contributed by atoms with E-state index in [0.717, 1.165) is 5.56 Å². The fourth-order valence-electron chi connectivity index (χ4n) is 3.49. The summed E-state index contributed by atoms with van der Waals surface area (Å²) < 4.78 is 26.7. The van der Waals surface area contributed by atoms with E-state index in [1.807, 2.05) is 30.3 Å². The molecule has 1 aliphatic heterocycles. The van der Waals surface area contributed by atoms with Crippen LogP contribution in [0.2, 0.25) is 5.28 Å². The van der Waals surface area contributed by atoms with Crippen molar-refractivity contribution in [1.82, 2.24) is 19.5 Å². The number of benzene rings is 1. The lowest BCUT2D eigenvalue weighted by Gasteiger charge is -2.17. The summed E-state index contributed by atoms with van der Waals surface area (Å²) in [6, 6.07) is 9.59. The first kappa shape index (κ1) is 22.8. The quantitative estimate of drug-likeness (QED) is 0.308. The molecule has 33 heavy (non-hydrogen) atoms. The first-order valence-corrected chi connectivity index (χ1v) is 10.3. The summed E-state index contributed by atoms with van der Waals surface area (Å²) in [4.78, 5) is 34.5. The lowest BCUT2D eigenvalue weighted by molar-refractivity contribution is -0.168. The Morgan fingerprint density at radius 3 is 2.70 bits per heavy atom. The van der Waals surface area contributed by atoms with E-state index in [2.05, 4.69) is 20.3 Å². The average Bonchev–Trinajstić information content (AvgIpc) is 3.35. The summed E-state index contributed by atoms with van der Waals surface area (Å²) in [5.74, 6) is -2.95.